The van der Waals surface area contributed by atoms with Crippen LogP contribution >= 0.6 is 0 Å². The van der Waals surface area contributed by atoms with E-state index in [0.29, 0.717) is 17.5 Å². The molecule has 0 saturated carbocycles. The van der Waals surface area contributed by atoms with Crippen LogP contribution in [-0.2, 0) is 17.4 Å². The third-order valence-corrected chi connectivity index (χ3v) is 6.95. The number of carbonyl (C=O) groups excluding carboxylic acids is 2. The first kappa shape index (κ1) is 29.5. The smallest absolute Gasteiger partial charge is 0.372 e. The number of halogens is 3. The average Bonchev–Trinajstić information content (AvgIpc) is 2.96. The number of hydrogen-bond donors (Lipinski definition) is 3. The minimum atomic E-state index is -4.51. The fourth-order valence-electron chi connectivity index (χ4n) is 5.07. The van der Waals surface area contributed by atoms with E-state index >= 15 is 0 Å². The summed E-state index contributed by atoms with van der Waals surface area (Å²) in [6.45, 7) is 1.70. The maximum atomic E-state index is 13.8. The molecule has 8 heteroatoms. The van der Waals surface area contributed by atoms with Crippen molar-refractivity contribution in [3.63, 3.8) is 0 Å². The van der Waals surface area contributed by atoms with Gasteiger partial charge in [-0.1, -0.05) is 48.4 Å². The molecule has 1 heterocycles. The van der Waals surface area contributed by atoms with Crippen molar-refractivity contribution in [1.82, 2.24) is 10.6 Å². The van der Waals surface area contributed by atoms with Gasteiger partial charge < -0.3 is 16.4 Å². The highest BCUT2D eigenvalue weighted by molar-refractivity contribution is 5.95. The molecule has 2 amide bonds. The molecule has 39 heavy (non-hydrogen) atoms. The molecule has 0 aliphatic carbocycles. The molecule has 3 aromatic rings. The van der Waals surface area contributed by atoms with Crippen molar-refractivity contribution < 1.29 is 22.8 Å². The van der Waals surface area contributed by atoms with Crippen molar-refractivity contribution in [3.05, 3.63) is 94.5 Å². The van der Waals surface area contributed by atoms with Gasteiger partial charge in [0, 0.05) is 18.2 Å². The molecule has 1 fully saturated rings. The van der Waals surface area contributed by atoms with Crippen LogP contribution in [0.4, 0.5) is 13.2 Å². The first-order valence-corrected chi connectivity index (χ1v) is 12.7. The molecule has 0 spiro atoms. The minimum Gasteiger partial charge on any atom is -0.372 e. The highest BCUT2D eigenvalue weighted by Gasteiger charge is 2.35. The zero-order valence-corrected chi connectivity index (χ0v) is 21.7. The summed E-state index contributed by atoms with van der Waals surface area (Å²) < 4.78 is 41.3. The van der Waals surface area contributed by atoms with Gasteiger partial charge in [0.1, 0.15) is 0 Å². The molecule has 3 aromatic carbocycles. The lowest BCUT2D eigenvalue weighted by molar-refractivity contribution is -0.137. The van der Waals surface area contributed by atoms with E-state index in [1.165, 1.54) is 12.1 Å². The van der Waals surface area contributed by atoms with E-state index in [0.717, 1.165) is 42.6 Å². The Morgan fingerprint density at radius 3 is 2.36 bits per heavy atom. The van der Waals surface area contributed by atoms with Crippen LogP contribution in [0.25, 0.3) is 11.1 Å². The van der Waals surface area contributed by atoms with Gasteiger partial charge in [-0.15, -0.1) is 6.42 Å². The van der Waals surface area contributed by atoms with Gasteiger partial charge in [-0.2, -0.15) is 13.2 Å². The Morgan fingerprint density at radius 2 is 1.74 bits per heavy atom. The van der Waals surface area contributed by atoms with E-state index in [4.69, 9.17) is 11.2 Å². The number of carbonyl (C=O) groups is 2. The molecule has 1 unspecified atom stereocenters. The highest BCUT2D eigenvalue weighted by Crippen LogP contribution is 2.39. The lowest BCUT2D eigenvalue weighted by atomic mass is 9.76. The largest absolute Gasteiger partial charge is 0.417 e. The third-order valence-electron chi connectivity index (χ3n) is 6.95. The van der Waals surface area contributed by atoms with Crippen LogP contribution in [0.1, 0.15) is 51.4 Å². The number of terminal acetylenes is 1. The summed E-state index contributed by atoms with van der Waals surface area (Å²) in [4.78, 5) is 20.7. The van der Waals surface area contributed by atoms with Gasteiger partial charge in [-0.25, -0.2) is 0 Å². The van der Waals surface area contributed by atoms with Crippen molar-refractivity contribution in [2.75, 3.05) is 20.1 Å². The molecule has 204 valence electrons. The first-order chi connectivity index (χ1) is 18.7. The highest BCUT2D eigenvalue weighted by atomic mass is 19.4. The Balaban J connectivity index is 0.00000134. The second-order valence-corrected chi connectivity index (χ2v) is 9.34. The number of nitrogens with one attached hydrogen (secondary N) is 2. The van der Waals surface area contributed by atoms with Crippen molar-refractivity contribution in [2.45, 2.75) is 31.4 Å². The predicted octanol–water partition coefficient (Wildman–Crippen LogP) is 5.14. The first-order valence-electron chi connectivity index (χ1n) is 12.7. The van der Waals surface area contributed by atoms with Gasteiger partial charge in [-0.05, 0) is 90.7 Å². The van der Waals surface area contributed by atoms with Crippen molar-refractivity contribution in [1.29, 1.82) is 0 Å². The van der Waals surface area contributed by atoms with Gasteiger partial charge in [0.25, 0.3) is 5.91 Å². The predicted molar refractivity (Wildman–Crippen MR) is 147 cm³/mol. The number of rotatable bonds is 6. The normalized spacial score (nSPS) is 14.3. The summed E-state index contributed by atoms with van der Waals surface area (Å²) in [5.41, 5.74) is 7.43. The molecule has 1 aliphatic heterocycles. The number of piperidine rings is 1. The molecule has 1 aliphatic rings. The van der Waals surface area contributed by atoms with Gasteiger partial charge in [-0.3, -0.25) is 9.59 Å². The molecule has 1 atom stereocenters. The Hall–Kier alpha value is -4.09. The van der Waals surface area contributed by atoms with Crippen LogP contribution in [0.15, 0.2) is 66.7 Å². The van der Waals surface area contributed by atoms with E-state index in [1.54, 1.807) is 19.2 Å². The summed E-state index contributed by atoms with van der Waals surface area (Å²) in [5.74, 6) is 2.20. The Morgan fingerprint density at radius 1 is 1.10 bits per heavy atom. The number of amides is 2. The summed E-state index contributed by atoms with van der Waals surface area (Å²) in [7, 11) is 1.59. The van der Waals surface area contributed by atoms with E-state index in [9.17, 15) is 18.0 Å². The van der Waals surface area contributed by atoms with E-state index in [2.05, 4.69) is 28.4 Å². The molecule has 0 radical (unpaired) electrons. The SMILES string of the molecule is C#Cc1ccc(C(Cc2cccc(-c3cccc(C(=O)NC)c3)c2)C2CCNCC2)cc1C(F)(F)F.NC=O. The van der Waals surface area contributed by atoms with Gasteiger partial charge in [0.15, 0.2) is 0 Å². The van der Waals surface area contributed by atoms with Gasteiger partial charge in [0.05, 0.1) is 5.56 Å². The number of primary amides is 1. The zero-order chi connectivity index (χ0) is 28.4. The molecule has 5 nitrogen and oxygen atoms in total. The standard InChI is InChI=1S/C30H29F3N2O.CH3NO/c1-3-21-10-11-25(19-28(21)30(31,32)33)27(22-12-14-35-15-13-22)17-20-6-4-7-23(16-20)24-8-5-9-26(18-24)29(36)34-2;2-1-3/h1,4-11,16,18-19,22,27,35H,12-15,17H2,2H3,(H,34,36);1H,(H2,2,3). The molecule has 0 bridgehead atoms. The van der Waals surface area contributed by atoms with E-state index < -0.39 is 11.7 Å². The van der Waals surface area contributed by atoms with Crippen molar-refractivity contribution in [3.8, 4) is 23.5 Å². The second-order valence-electron chi connectivity index (χ2n) is 9.34. The lowest BCUT2D eigenvalue weighted by Crippen LogP contribution is -2.31. The Labute approximate surface area is 227 Å². The van der Waals surface area contributed by atoms with Crippen LogP contribution in [0.2, 0.25) is 0 Å². The third kappa shape index (κ3) is 7.71. The van der Waals surface area contributed by atoms with Crippen LogP contribution in [0.5, 0.6) is 0 Å². The maximum Gasteiger partial charge on any atom is 0.417 e. The summed E-state index contributed by atoms with van der Waals surface area (Å²) in [6.07, 6.45) is 3.52. The minimum absolute atomic E-state index is 0.0764. The number of benzene rings is 3. The zero-order valence-electron chi connectivity index (χ0n) is 21.7. The fourth-order valence-corrected chi connectivity index (χ4v) is 5.07. The van der Waals surface area contributed by atoms with Crippen LogP contribution in [0, 0.1) is 18.3 Å². The Kier molecular flexibility index (Phi) is 10.3. The topological polar surface area (TPSA) is 84.2 Å². The monoisotopic (exact) mass is 535 g/mol. The lowest BCUT2D eigenvalue weighted by Gasteiger charge is -2.32. The van der Waals surface area contributed by atoms with Crippen LogP contribution < -0.4 is 16.4 Å². The van der Waals surface area contributed by atoms with Crippen LogP contribution in [0.3, 0.4) is 0 Å². The number of hydrogen-bond acceptors (Lipinski definition) is 3. The Bertz CT molecular complexity index is 1330. The summed E-state index contributed by atoms with van der Waals surface area (Å²) >= 11 is 0. The van der Waals surface area contributed by atoms with Crippen LogP contribution in [-0.4, -0.2) is 32.5 Å². The fraction of sp³-hybridized carbons (Fsp3) is 0.290. The van der Waals surface area contributed by atoms with Gasteiger partial charge >= 0.3 is 6.18 Å². The average molecular weight is 536 g/mol. The molecular weight excluding hydrogens is 503 g/mol. The maximum absolute atomic E-state index is 13.8. The van der Waals surface area contributed by atoms with E-state index in [-0.39, 0.29) is 29.7 Å². The quantitative estimate of drug-likeness (QED) is 0.302. The molecule has 4 rings (SSSR count). The second kappa shape index (κ2) is 13.6. The number of nitrogens with two attached hydrogens (primary N) is 1. The van der Waals surface area contributed by atoms with Crippen molar-refractivity contribution in [2.24, 2.45) is 11.7 Å². The molecule has 4 N–H and O–H groups in total. The van der Waals surface area contributed by atoms with Crippen molar-refractivity contribution >= 4 is 12.3 Å². The molecule has 1 saturated heterocycles. The summed E-state index contributed by atoms with van der Waals surface area (Å²) in [5, 5.41) is 5.99. The van der Waals surface area contributed by atoms with E-state index in [1.807, 2.05) is 36.4 Å². The summed E-state index contributed by atoms with van der Waals surface area (Å²) in [6, 6.07) is 19.8. The number of alkyl halides is 3. The van der Waals surface area contributed by atoms with Gasteiger partial charge in [0.2, 0.25) is 6.41 Å². The molecular formula is C31H32F3N3O2. The molecule has 0 aromatic heterocycles.